The molecule has 0 aromatic rings. The molecule has 52 valence electrons. The molecule has 0 unspecified atom stereocenters. The summed E-state index contributed by atoms with van der Waals surface area (Å²) in [6.45, 7) is 2.65. The molecule has 0 saturated carbocycles. The van der Waals surface area contributed by atoms with Crippen LogP contribution in [0.5, 0.6) is 0 Å². The van der Waals surface area contributed by atoms with E-state index in [1.165, 1.54) is 0 Å². The molecule has 0 fully saturated rings. The Morgan fingerprint density at radius 1 is 1.50 bits per heavy atom. The van der Waals surface area contributed by atoms with E-state index in [0.717, 1.165) is 6.54 Å². The molecule has 5 nitrogen and oxygen atoms in total. The summed E-state index contributed by atoms with van der Waals surface area (Å²) in [5.74, 6) is 0. The highest BCUT2D eigenvalue weighted by Crippen LogP contribution is 1.60. The van der Waals surface area contributed by atoms with Gasteiger partial charge in [-0.2, -0.15) is 14.0 Å². The van der Waals surface area contributed by atoms with Crippen LogP contribution in [0.2, 0.25) is 0 Å². The lowest BCUT2D eigenvalue weighted by Gasteiger charge is -2.03. The number of halogens is 1. The monoisotopic (exact) mass is 145 g/mol. The highest BCUT2D eigenvalue weighted by Gasteiger charge is 1.98. The highest BCUT2D eigenvalue weighted by molar-refractivity contribution is 4.00. The van der Waals surface area contributed by atoms with Gasteiger partial charge in [-0.25, -0.2) is 0 Å². The Morgan fingerprint density at radius 2 is 1.50 bits per heavy atom. The van der Waals surface area contributed by atoms with Gasteiger partial charge in [0.25, 0.3) is 0 Å². The molecule has 0 rings (SSSR count). The van der Waals surface area contributed by atoms with Crippen LogP contribution in [0.4, 0.5) is 0 Å². The van der Waals surface area contributed by atoms with Crippen molar-refractivity contribution in [1.29, 1.82) is 0 Å². The normalized spacial score (nSPS) is 9.75. The van der Waals surface area contributed by atoms with Crippen molar-refractivity contribution >= 4 is 0 Å². The van der Waals surface area contributed by atoms with Crippen LogP contribution in [0.3, 0.4) is 0 Å². The van der Waals surface area contributed by atoms with E-state index in [0.29, 0.717) is 0 Å². The van der Waals surface area contributed by atoms with Gasteiger partial charge in [0.15, 0.2) is 0 Å². The molecule has 0 amide bonds. The second-order valence-electron chi connectivity index (χ2n) is 0.804. The topological polar surface area (TPSA) is 115 Å². The molecule has 0 spiro atoms. The molecular weight excluding hydrogens is 137 g/mol. The molecule has 0 atom stereocenters. The van der Waals surface area contributed by atoms with Gasteiger partial charge in [-0.15, -0.1) is 0 Å². The Bertz CT molecular complexity index is 37.8. The third kappa shape index (κ3) is 19500. The first-order valence-electron chi connectivity index (χ1n) is 1.75. The lowest BCUT2D eigenvalue weighted by Crippen LogP contribution is -2.58. The molecular formula is C2H8ClNO4. The summed E-state index contributed by atoms with van der Waals surface area (Å²) >= 11 is 0. The van der Waals surface area contributed by atoms with E-state index >= 15 is 0 Å². The van der Waals surface area contributed by atoms with Gasteiger partial charge in [0.05, 0.1) is 14.9 Å². The Kier molecular flexibility index (Phi) is 7.17. The maximum Gasteiger partial charge on any atom is 0.0777 e. The highest BCUT2D eigenvalue weighted by atomic mass is 35.7. The number of nitrogens with two attached hydrogens (primary N) is 1. The van der Waals surface area contributed by atoms with Crippen molar-refractivity contribution in [3.8, 4) is 0 Å². The van der Waals surface area contributed by atoms with E-state index in [2.05, 4.69) is 0 Å². The summed E-state index contributed by atoms with van der Waals surface area (Å²) in [7, 11) is -4.69. The van der Waals surface area contributed by atoms with Crippen LogP contribution >= 0.6 is 0 Å². The first-order chi connectivity index (χ1) is 3.41. The van der Waals surface area contributed by atoms with Crippen molar-refractivity contribution in [2.75, 3.05) is 6.54 Å². The van der Waals surface area contributed by atoms with E-state index in [1.54, 1.807) is 0 Å². The fourth-order valence-electron chi connectivity index (χ4n) is 0. The van der Waals surface area contributed by atoms with Gasteiger partial charge in [-0.1, -0.05) is 6.92 Å². The second kappa shape index (κ2) is 5.23. The molecule has 0 aliphatic rings. The van der Waals surface area contributed by atoms with E-state index < -0.39 is 10.2 Å². The lowest BCUT2D eigenvalue weighted by molar-refractivity contribution is -1.92. The van der Waals surface area contributed by atoms with Crippen molar-refractivity contribution in [2.45, 2.75) is 6.92 Å². The van der Waals surface area contributed by atoms with Crippen LogP contribution in [0.15, 0.2) is 0 Å². The first kappa shape index (κ1) is 11.0. The van der Waals surface area contributed by atoms with Crippen LogP contribution in [0.1, 0.15) is 6.92 Å². The molecule has 0 radical (unpaired) electrons. The summed E-state index contributed by atoms with van der Waals surface area (Å²) in [5, 5.41) is 0. The molecule has 0 heterocycles. The smallest absolute Gasteiger partial charge is 0.0777 e. The zero-order chi connectivity index (χ0) is 7.21. The average Bonchev–Trinajstić information content (AvgIpc) is 1.27. The second-order valence-corrected chi connectivity index (χ2v) is 1.60. The Morgan fingerprint density at radius 3 is 1.50 bits per heavy atom. The molecule has 0 aromatic carbocycles. The summed E-state index contributed by atoms with van der Waals surface area (Å²) in [6, 6.07) is 0. The minimum absolute atomic E-state index is 0.750. The molecule has 0 saturated heterocycles. The van der Waals surface area contributed by atoms with Crippen LogP contribution < -0.4 is 19.7 Å². The zero-order valence-corrected chi connectivity index (χ0v) is 5.09. The predicted molar refractivity (Wildman–Crippen MR) is 16.9 cm³/mol. The summed E-state index contributed by atoms with van der Waals surface area (Å²) < 4.78 is 32.7. The van der Waals surface area contributed by atoms with E-state index in [-0.39, 0.29) is 0 Å². The fourth-order valence-corrected chi connectivity index (χ4v) is 0. The summed E-state index contributed by atoms with van der Waals surface area (Å²) in [5.41, 5.74) is 4.85. The van der Waals surface area contributed by atoms with Crippen molar-refractivity contribution in [3.05, 3.63) is 0 Å². The van der Waals surface area contributed by atoms with Gasteiger partial charge in [0.1, 0.15) is 0 Å². The first-order valence-corrected chi connectivity index (χ1v) is 3.01. The lowest BCUT2D eigenvalue weighted by atomic mass is 10.8. The summed E-state index contributed by atoms with van der Waals surface area (Å²) in [6.07, 6.45) is 0. The van der Waals surface area contributed by atoms with Gasteiger partial charge >= 0.3 is 0 Å². The van der Waals surface area contributed by atoms with E-state index in [4.69, 9.17) is 24.4 Å². The number of rotatable bonds is 0. The van der Waals surface area contributed by atoms with Gasteiger partial charge < -0.3 is 5.73 Å². The van der Waals surface area contributed by atoms with Crippen LogP contribution in [-0.4, -0.2) is 11.2 Å². The van der Waals surface area contributed by atoms with E-state index in [1.807, 2.05) is 6.92 Å². The minimum atomic E-state index is -4.69. The molecule has 0 aromatic heterocycles. The van der Waals surface area contributed by atoms with Crippen molar-refractivity contribution in [3.63, 3.8) is 0 Å². The molecule has 0 bridgehead atoms. The molecule has 3 N–H and O–H groups in total. The fraction of sp³-hybridized carbons (Fsp3) is 1.00. The van der Waals surface area contributed by atoms with Crippen LogP contribution in [-0.2, 0) is 0 Å². The van der Waals surface area contributed by atoms with E-state index in [9.17, 15) is 0 Å². The van der Waals surface area contributed by atoms with Crippen molar-refractivity contribution in [2.24, 2.45) is 5.73 Å². The third-order valence-electron chi connectivity index (χ3n) is 0. The maximum atomic E-state index is 8.60. The quantitative estimate of drug-likeness (QED) is 0.359. The van der Waals surface area contributed by atoms with Crippen molar-refractivity contribution in [1.82, 2.24) is 0 Å². The standard InChI is InChI=1S/C2H7N.ClHO4/c1-2-3;2-1(3,4)5/h2-3H2,1H3;(H,2,3,4,5). The summed E-state index contributed by atoms with van der Waals surface area (Å²) in [4.78, 5) is 0. The minimum Gasteiger partial charge on any atom is -0.331 e. The third-order valence-corrected chi connectivity index (χ3v) is 0. The average molecular weight is 146 g/mol. The number of hydrogen-bond donors (Lipinski definition) is 2. The largest absolute Gasteiger partial charge is 0.331 e. The van der Waals surface area contributed by atoms with Gasteiger partial charge in [0.2, 0.25) is 0 Å². The Labute approximate surface area is 49.1 Å². The maximum absolute atomic E-state index is 8.60. The molecule has 0 aliphatic heterocycles. The van der Waals surface area contributed by atoms with Gasteiger partial charge in [-0.05, 0) is 6.54 Å². The Balaban J connectivity index is 0. The molecule has 0 aliphatic carbocycles. The van der Waals surface area contributed by atoms with Crippen LogP contribution in [0, 0.1) is 10.2 Å². The van der Waals surface area contributed by atoms with Crippen LogP contribution in [0.25, 0.3) is 0 Å². The number of hydrogen-bond acceptors (Lipinski definition) is 5. The Hall–Kier alpha value is 0.0900. The van der Waals surface area contributed by atoms with Gasteiger partial charge in [0, 0.05) is 0 Å². The zero-order valence-electron chi connectivity index (χ0n) is 4.33. The molecule has 6 heteroatoms. The van der Waals surface area contributed by atoms with Gasteiger partial charge in [-0.3, -0.25) is 0 Å². The molecule has 8 heavy (non-hydrogen) atoms. The van der Waals surface area contributed by atoms with Crippen molar-refractivity contribution < 1.29 is 28.9 Å². The predicted octanol–water partition coefficient (Wildman–Crippen LogP) is -4.16. The SMILES string of the molecule is CCN.[O-][Cl+3]([O-])([O-])O.